The number of benzene rings is 3. The van der Waals surface area contributed by atoms with E-state index in [1.165, 1.54) is 12.1 Å². The summed E-state index contributed by atoms with van der Waals surface area (Å²) in [4.78, 5) is 27.1. The molecule has 4 nitrogen and oxygen atoms in total. The maximum absolute atomic E-state index is 13.8. The number of rotatable bonds is 4. The van der Waals surface area contributed by atoms with Gasteiger partial charge >= 0.3 is 0 Å². The molecule has 0 aliphatic carbocycles. The summed E-state index contributed by atoms with van der Waals surface area (Å²) in [5, 5.41) is 2.75. The van der Waals surface area contributed by atoms with Crippen molar-refractivity contribution in [3.63, 3.8) is 0 Å². The maximum Gasteiger partial charge on any atom is 0.258 e. The smallest absolute Gasteiger partial charge is 0.258 e. The Morgan fingerprint density at radius 1 is 1.03 bits per heavy atom. The highest BCUT2D eigenvalue weighted by molar-refractivity contribution is 6.07. The van der Waals surface area contributed by atoms with Crippen molar-refractivity contribution in [1.82, 2.24) is 5.32 Å². The summed E-state index contributed by atoms with van der Waals surface area (Å²) < 4.78 is 13.8. The molecule has 1 aliphatic heterocycles. The van der Waals surface area contributed by atoms with E-state index in [-0.39, 0.29) is 24.1 Å². The quantitative estimate of drug-likeness (QED) is 0.723. The van der Waals surface area contributed by atoms with Gasteiger partial charge in [0.25, 0.3) is 11.8 Å². The second-order valence-corrected chi connectivity index (χ2v) is 7.22. The third kappa shape index (κ3) is 3.76. The molecule has 0 aromatic heterocycles. The van der Waals surface area contributed by atoms with Crippen LogP contribution in [0, 0.1) is 5.82 Å². The number of nitrogens with one attached hydrogen (secondary N) is 1. The van der Waals surface area contributed by atoms with Crippen molar-refractivity contribution >= 4 is 17.5 Å². The number of carbonyl (C=O) groups excluding carboxylic acids is 2. The number of fused-ring (bicyclic) bond motifs is 1. The number of carbonyl (C=O) groups is 2. The van der Waals surface area contributed by atoms with Crippen LogP contribution in [-0.4, -0.2) is 17.9 Å². The lowest BCUT2D eigenvalue weighted by Gasteiger charge is -2.23. The molecule has 29 heavy (non-hydrogen) atoms. The van der Waals surface area contributed by atoms with Gasteiger partial charge in [-0.05, 0) is 54.8 Å². The Labute approximate surface area is 169 Å². The molecule has 2 amide bonds. The average molecular weight is 388 g/mol. The van der Waals surface area contributed by atoms with Crippen molar-refractivity contribution in [1.29, 1.82) is 0 Å². The molecule has 0 spiro atoms. The van der Waals surface area contributed by atoms with Gasteiger partial charge in [-0.25, -0.2) is 4.39 Å². The van der Waals surface area contributed by atoms with Crippen LogP contribution >= 0.6 is 0 Å². The van der Waals surface area contributed by atoms with Gasteiger partial charge < -0.3 is 10.2 Å². The van der Waals surface area contributed by atoms with Crippen LogP contribution in [0.1, 0.15) is 38.8 Å². The summed E-state index contributed by atoms with van der Waals surface area (Å²) in [5.41, 5.74) is 3.48. The summed E-state index contributed by atoms with van der Waals surface area (Å²) in [6, 6.07) is 21.0. The Hall–Kier alpha value is -3.47. The summed E-state index contributed by atoms with van der Waals surface area (Å²) >= 11 is 0. The zero-order valence-corrected chi connectivity index (χ0v) is 16.1. The number of hydrogen-bond acceptors (Lipinski definition) is 2. The largest absolute Gasteiger partial charge is 0.348 e. The molecule has 1 heterocycles. The Kier molecular flexibility index (Phi) is 5.12. The predicted octanol–water partition coefficient (Wildman–Crippen LogP) is 4.35. The fourth-order valence-electron chi connectivity index (χ4n) is 3.72. The average Bonchev–Trinajstić information content (AvgIpc) is 3.07. The van der Waals surface area contributed by atoms with Crippen molar-refractivity contribution in [2.45, 2.75) is 25.9 Å². The Morgan fingerprint density at radius 2 is 1.76 bits per heavy atom. The topological polar surface area (TPSA) is 49.4 Å². The normalized spacial score (nSPS) is 15.1. The first-order valence-corrected chi connectivity index (χ1v) is 9.57. The van der Waals surface area contributed by atoms with E-state index in [9.17, 15) is 14.0 Å². The molecule has 0 saturated heterocycles. The van der Waals surface area contributed by atoms with Gasteiger partial charge in [-0.2, -0.15) is 0 Å². The number of hydrogen-bond donors (Lipinski definition) is 1. The molecule has 146 valence electrons. The molecule has 0 radical (unpaired) electrons. The molecule has 1 atom stereocenters. The summed E-state index contributed by atoms with van der Waals surface area (Å²) in [6.45, 7) is 2.28. The number of halogens is 1. The minimum Gasteiger partial charge on any atom is -0.348 e. The number of nitrogens with zero attached hydrogens (tertiary/aromatic N) is 1. The third-order valence-electron chi connectivity index (χ3n) is 5.18. The molecular weight excluding hydrogens is 367 g/mol. The second-order valence-electron chi connectivity index (χ2n) is 7.22. The van der Waals surface area contributed by atoms with Gasteiger partial charge in [0.15, 0.2) is 0 Å². The molecule has 0 unspecified atom stereocenters. The minimum atomic E-state index is -0.549. The van der Waals surface area contributed by atoms with Gasteiger partial charge in [0.05, 0.1) is 5.56 Å². The van der Waals surface area contributed by atoms with Crippen LogP contribution in [0.25, 0.3) is 0 Å². The fourth-order valence-corrected chi connectivity index (χ4v) is 3.72. The van der Waals surface area contributed by atoms with Gasteiger partial charge in [0, 0.05) is 23.8 Å². The highest BCUT2D eigenvalue weighted by atomic mass is 19.1. The van der Waals surface area contributed by atoms with E-state index >= 15 is 0 Å². The second kappa shape index (κ2) is 7.87. The summed E-state index contributed by atoms with van der Waals surface area (Å²) in [7, 11) is 0. The first-order chi connectivity index (χ1) is 14.0. The van der Waals surface area contributed by atoms with E-state index in [1.807, 2.05) is 60.4 Å². The SMILES string of the molecule is C[C@@H]1Cc2ccc(CNC(=O)c3ccccc3F)cc2N1C(=O)c1ccccc1. The van der Waals surface area contributed by atoms with Crippen LogP contribution < -0.4 is 10.2 Å². The van der Waals surface area contributed by atoms with E-state index in [1.54, 1.807) is 12.1 Å². The zero-order chi connectivity index (χ0) is 20.4. The maximum atomic E-state index is 13.8. The van der Waals surface area contributed by atoms with E-state index in [0.29, 0.717) is 5.56 Å². The lowest BCUT2D eigenvalue weighted by atomic mass is 10.1. The van der Waals surface area contributed by atoms with Crippen molar-refractivity contribution in [2.75, 3.05) is 4.90 Å². The summed E-state index contributed by atoms with van der Waals surface area (Å²) in [6.07, 6.45) is 0.787. The predicted molar refractivity (Wildman–Crippen MR) is 110 cm³/mol. The van der Waals surface area contributed by atoms with E-state index in [0.717, 1.165) is 23.2 Å². The molecule has 4 rings (SSSR count). The molecule has 5 heteroatoms. The lowest BCUT2D eigenvalue weighted by Crippen LogP contribution is -2.35. The van der Waals surface area contributed by atoms with Gasteiger partial charge in [-0.3, -0.25) is 9.59 Å². The van der Waals surface area contributed by atoms with Gasteiger partial charge in [-0.15, -0.1) is 0 Å². The van der Waals surface area contributed by atoms with Crippen molar-refractivity contribution in [2.24, 2.45) is 0 Å². The minimum absolute atomic E-state index is 0.0168. The molecule has 0 bridgehead atoms. The van der Waals surface area contributed by atoms with Gasteiger partial charge in [0.1, 0.15) is 5.82 Å². The molecule has 3 aromatic carbocycles. The molecule has 0 fully saturated rings. The molecule has 3 aromatic rings. The van der Waals surface area contributed by atoms with Crippen molar-refractivity contribution < 1.29 is 14.0 Å². The number of amides is 2. The van der Waals surface area contributed by atoms with Crippen LogP contribution in [0.3, 0.4) is 0 Å². The summed E-state index contributed by atoms with van der Waals surface area (Å²) in [5.74, 6) is -1.05. The van der Waals surface area contributed by atoms with Crippen LogP contribution in [0.15, 0.2) is 72.8 Å². The Balaban J connectivity index is 1.54. The zero-order valence-electron chi connectivity index (χ0n) is 16.1. The standard InChI is InChI=1S/C24H21FN2O2/c1-16-13-19-12-11-17(15-26-23(28)20-9-5-6-10-21(20)25)14-22(19)27(16)24(29)18-7-3-2-4-8-18/h2-12,14,16H,13,15H2,1H3,(H,26,28)/t16-/m1/s1. The first-order valence-electron chi connectivity index (χ1n) is 9.57. The van der Waals surface area contributed by atoms with Crippen molar-refractivity contribution in [3.8, 4) is 0 Å². The highest BCUT2D eigenvalue weighted by Crippen LogP contribution is 2.34. The third-order valence-corrected chi connectivity index (χ3v) is 5.18. The Morgan fingerprint density at radius 3 is 2.52 bits per heavy atom. The van der Waals surface area contributed by atoms with Gasteiger partial charge in [0.2, 0.25) is 0 Å². The van der Waals surface area contributed by atoms with E-state index < -0.39 is 11.7 Å². The first kappa shape index (κ1) is 18.9. The molecule has 1 N–H and O–H groups in total. The van der Waals surface area contributed by atoms with Crippen LogP contribution in [0.2, 0.25) is 0 Å². The molecular formula is C24H21FN2O2. The lowest BCUT2D eigenvalue weighted by molar-refractivity contribution is 0.0944. The van der Waals surface area contributed by atoms with Gasteiger partial charge in [-0.1, -0.05) is 42.5 Å². The van der Waals surface area contributed by atoms with Crippen LogP contribution in [0.4, 0.5) is 10.1 Å². The highest BCUT2D eigenvalue weighted by Gasteiger charge is 2.31. The van der Waals surface area contributed by atoms with E-state index in [4.69, 9.17) is 0 Å². The number of anilines is 1. The molecule has 0 saturated carbocycles. The monoisotopic (exact) mass is 388 g/mol. The van der Waals surface area contributed by atoms with Crippen LogP contribution in [0.5, 0.6) is 0 Å². The van der Waals surface area contributed by atoms with Crippen LogP contribution in [-0.2, 0) is 13.0 Å². The Bertz CT molecular complexity index is 1070. The van der Waals surface area contributed by atoms with Crippen molar-refractivity contribution in [3.05, 3.63) is 101 Å². The fraction of sp³-hybridized carbons (Fsp3) is 0.167. The van der Waals surface area contributed by atoms with E-state index in [2.05, 4.69) is 5.32 Å². The molecule has 1 aliphatic rings.